The molecule has 2 aromatic rings. The second-order valence-corrected chi connectivity index (χ2v) is 5.81. The number of benzene rings is 1. The van der Waals surface area contributed by atoms with E-state index in [4.69, 9.17) is 4.42 Å². The largest absolute Gasteiger partial charge is 0.468 e. The van der Waals surface area contributed by atoms with E-state index in [9.17, 15) is 4.39 Å². The summed E-state index contributed by atoms with van der Waals surface area (Å²) in [5, 5.41) is 3.39. The van der Waals surface area contributed by atoms with Crippen LogP contribution in [0.2, 0.25) is 0 Å². The predicted molar refractivity (Wildman–Crippen MR) is 74.5 cm³/mol. The Hall–Kier alpha value is -1.26. The molecule has 0 unspecified atom stereocenters. The molecule has 1 saturated carbocycles. The number of halogens is 1. The van der Waals surface area contributed by atoms with Gasteiger partial charge in [-0.25, -0.2) is 4.39 Å². The Balaban J connectivity index is 1.58. The van der Waals surface area contributed by atoms with Gasteiger partial charge in [0.15, 0.2) is 0 Å². The maximum Gasteiger partial charge on any atom is 0.137 e. The zero-order valence-corrected chi connectivity index (χ0v) is 11.4. The van der Waals surface area contributed by atoms with Gasteiger partial charge in [0, 0.05) is 17.5 Å². The van der Waals surface area contributed by atoms with E-state index in [1.165, 1.54) is 24.6 Å². The number of furan rings is 1. The van der Waals surface area contributed by atoms with Crippen molar-refractivity contribution in [3.05, 3.63) is 53.7 Å². The van der Waals surface area contributed by atoms with Crippen molar-refractivity contribution < 1.29 is 8.81 Å². The Bertz CT molecular complexity index is 537. The number of hydrogen-bond acceptors (Lipinski definition) is 3. The van der Waals surface area contributed by atoms with Gasteiger partial charge in [-0.1, -0.05) is 6.07 Å². The molecule has 1 aliphatic carbocycles. The van der Waals surface area contributed by atoms with Gasteiger partial charge < -0.3 is 9.73 Å². The normalized spacial score (nSPS) is 14.8. The third kappa shape index (κ3) is 3.61. The molecule has 0 spiro atoms. The molecule has 3 rings (SSSR count). The molecule has 1 aliphatic rings. The van der Waals surface area contributed by atoms with Crippen molar-refractivity contribution in [1.82, 2.24) is 5.32 Å². The number of thioether (sulfide) groups is 1. The zero-order valence-electron chi connectivity index (χ0n) is 10.6. The molecule has 0 saturated heterocycles. The van der Waals surface area contributed by atoms with Gasteiger partial charge in [-0.3, -0.25) is 0 Å². The van der Waals surface area contributed by atoms with Crippen molar-refractivity contribution >= 4 is 11.8 Å². The van der Waals surface area contributed by atoms with E-state index in [0.29, 0.717) is 16.7 Å². The first-order valence-electron chi connectivity index (χ1n) is 6.48. The van der Waals surface area contributed by atoms with Crippen molar-refractivity contribution in [2.75, 3.05) is 0 Å². The predicted octanol–water partition coefficient (Wildman–Crippen LogP) is 3.96. The standard InChI is InChI=1S/C15H16FNOS/c16-14-8-11(9-17-12-4-5-12)3-6-15(14)19-10-13-2-1-7-18-13/h1-3,6-8,12,17H,4-5,9-10H2. The fourth-order valence-corrected chi connectivity index (χ4v) is 2.69. The van der Waals surface area contributed by atoms with E-state index in [1.807, 2.05) is 24.3 Å². The fraction of sp³-hybridized carbons (Fsp3) is 0.333. The summed E-state index contributed by atoms with van der Waals surface area (Å²) < 4.78 is 19.2. The second kappa shape index (κ2) is 5.80. The van der Waals surface area contributed by atoms with Crippen LogP contribution < -0.4 is 5.32 Å². The summed E-state index contributed by atoms with van der Waals surface area (Å²) >= 11 is 1.46. The molecule has 1 heterocycles. The molecule has 1 aromatic heterocycles. The summed E-state index contributed by atoms with van der Waals surface area (Å²) in [6, 6.07) is 9.86. The highest BCUT2D eigenvalue weighted by atomic mass is 32.2. The van der Waals surface area contributed by atoms with Crippen molar-refractivity contribution in [1.29, 1.82) is 0 Å². The molecule has 1 aromatic carbocycles. The molecule has 1 N–H and O–H groups in total. The summed E-state index contributed by atoms with van der Waals surface area (Å²) in [6.07, 6.45) is 4.14. The van der Waals surface area contributed by atoms with Gasteiger partial charge in [0.2, 0.25) is 0 Å². The van der Waals surface area contributed by atoms with Crippen LogP contribution in [0.4, 0.5) is 4.39 Å². The van der Waals surface area contributed by atoms with E-state index < -0.39 is 0 Å². The lowest BCUT2D eigenvalue weighted by Gasteiger charge is -2.06. The summed E-state index contributed by atoms with van der Waals surface area (Å²) in [5.74, 6) is 1.37. The number of rotatable bonds is 6. The molecule has 0 atom stereocenters. The lowest BCUT2D eigenvalue weighted by Crippen LogP contribution is -2.15. The molecule has 19 heavy (non-hydrogen) atoms. The molecule has 1 fully saturated rings. The van der Waals surface area contributed by atoms with Crippen LogP contribution in [0.1, 0.15) is 24.2 Å². The summed E-state index contributed by atoms with van der Waals surface area (Å²) in [4.78, 5) is 0.673. The van der Waals surface area contributed by atoms with Crippen LogP contribution in [0.25, 0.3) is 0 Å². The van der Waals surface area contributed by atoms with Gasteiger partial charge >= 0.3 is 0 Å². The highest BCUT2D eigenvalue weighted by molar-refractivity contribution is 7.98. The second-order valence-electron chi connectivity index (χ2n) is 4.79. The Morgan fingerprint density at radius 2 is 2.21 bits per heavy atom. The first kappa shape index (κ1) is 12.8. The quantitative estimate of drug-likeness (QED) is 0.809. The Morgan fingerprint density at radius 3 is 2.89 bits per heavy atom. The minimum atomic E-state index is -0.147. The smallest absolute Gasteiger partial charge is 0.137 e. The fourth-order valence-electron chi connectivity index (χ4n) is 1.86. The van der Waals surface area contributed by atoms with Crippen molar-refractivity contribution in [3.63, 3.8) is 0 Å². The first-order valence-corrected chi connectivity index (χ1v) is 7.47. The van der Waals surface area contributed by atoms with E-state index >= 15 is 0 Å². The minimum Gasteiger partial charge on any atom is -0.468 e. The highest BCUT2D eigenvalue weighted by Crippen LogP contribution is 2.26. The van der Waals surface area contributed by atoms with E-state index in [-0.39, 0.29) is 5.82 Å². The summed E-state index contributed by atoms with van der Waals surface area (Å²) in [5.41, 5.74) is 1.01. The third-order valence-electron chi connectivity index (χ3n) is 3.12. The lowest BCUT2D eigenvalue weighted by atomic mass is 10.2. The molecule has 2 nitrogen and oxygen atoms in total. The summed E-state index contributed by atoms with van der Waals surface area (Å²) in [7, 11) is 0. The van der Waals surface area contributed by atoms with Crippen LogP contribution in [-0.4, -0.2) is 6.04 Å². The van der Waals surface area contributed by atoms with Crippen LogP contribution >= 0.6 is 11.8 Å². The average molecular weight is 277 g/mol. The van der Waals surface area contributed by atoms with Gasteiger partial charge in [-0.05, 0) is 42.7 Å². The van der Waals surface area contributed by atoms with Gasteiger partial charge in [0.25, 0.3) is 0 Å². The Morgan fingerprint density at radius 1 is 1.32 bits per heavy atom. The third-order valence-corrected chi connectivity index (χ3v) is 4.19. The van der Waals surface area contributed by atoms with Crippen LogP contribution in [0.15, 0.2) is 45.9 Å². The van der Waals surface area contributed by atoms with Crippen LogP contribution in [0.3, 0.4) is 0 Å². The van der Waals surface area contributed by atoms with Crippen molar-refractivity contribution in [2.24, 2.45) is 0 Å². The molecule has 0 radical (unpaired) electrons. The molecule has 0 amide bonds. The van der Waals surface area contributed by atoms with E-state index in [0.717, 1.165) is 17.9 Å². The topological polar surface area (TPSA) is 25.2 Å². The summed E-state index contributed by atoms with van der Waals surface area (Å²) in [6.45, 7) is 0.755. The molecular formula is C15H16FNOS. The van der Waals surface area contributed by atoms with Gasteiger partial charge in [0.1, 0.15) is 11.6 Å². The Kier molecular flexibility index (Phi) is 3.89. The molecule has 4 heteroatoms. The maximum atomic E-state index is 13.9. The molecule has 0 bridgehead atoms. The Labute approximate surface area is 116 Å². The number of hydrogen-bond donors (Lipinski definition) is 1. The number of nitrogens with one attached hydrogen (secondary N) is 1. The molecular weight excluding hydrogens is 261 g/mol. The van der Waals surface area contributed by atoms with Gasteiger partial charge in [-0.2, -0.15) is 0 Å². The highest BCUT2D eigenvalue weighted by Gasteiger charge is 2.20. The van der Waals surface area contributed by atoms with Crippen LogP contribution in [0.5, 0.6) is 0 Å². The zero-order chi connectivity index (χ0) is 13.1. The monoisotopic (exact) mass is 277 g/mol. The SMILES string of the molecule is Fc1cc(CNC2CC2)ccc1SCc1ccco1. The van der Waals surface area contributed by atoms with E-state index in [1.54, 1.807) is 12.3 Å². The van der Waals surface area contributed by atoms with Crippen molar-refractivity contribution in [2.45, 2.75) is 36.1 Å². The lowest BCUT2D eigenvalue weighted by molar-refractivity contribution is 0.530. The van der Waals surface area contributed by atoms with Crippen LogP contribution in [0, 0.1) is 5.82 Å². The molecule has 100 valence electrons. The minimum absolute atomic E-state index is 0.147. The average Bonchev–Trinajstić information content (AvgIpc) is 3.10. The van der Waals surface area contributed by atoms with Gasteiger partial charge in [-0.15, -0.1) is 11.8 Å². The molecule has 0 aliphatic heterocycles. The van der Waals surface area contributed by atoms with Gasteiger partial charge in [0.05, 0.1) is 12.0 Å². The van der Waals surface area contributed by atoms with E-state index in [2.05, 4.69) is 5.32 Å². The van der Waals surface area contributed by atoms with Crippen LogP contribution in [-0.2, 0) is 12.3 Å². The first-order chi connectivity index (χ1) is 9.31. The maximum absolute atomic E-state index is 13.9. The van der Waals surface area contributed by atoms with Crippen molar-refractivity contribution in [3.8, 4) is 0 Å².